The molecule has 17 heavy (non-hydrogen) atoms. The second-order valence-electron chi connectivity index (χ2n) is 3.63. The Labute approximate surface area is 109 Å². The zero-order chi connectivity index (χ0) is 12.6. The van der Waals surface area contributed by atoms with Crippen LogP contribution in [0.2, 0.25) is 0 Å². The topological polar surface area (TPSA) is 103 Å². The monoisotopic (exact) mass is 349 g/mol. The first-order valence-corrected chi connectivity index (χ1v) is 5.85. The number of aliphatic carboxylic acids is 1. The van der Waals surface area contributed by atoms with Crippen molar-refractivity contribution in [2.24, 2.45) is 5.92 Å². The second-order valence-corrected chi connectivity index (χ2v) is 4.79. The summed E-state index contributed by atoms with van der Waals surface area (Å²) >= 11 is 1.82. The Balaban J connectivity index is 2.29. The van der Waals surface area contributed by atoms with E-state index in [1.54, 1.807) is 0 Å². The van der Waals surface area contributed by atoms with Crippen LogP contribution in [-0.2, 0) is 9.59 Å². The first-order valence-electron chi connectivity index (χ1n) is 4.77. The third-order valence-corrected chi connectivity index (χ3v) is 3.24. The number of halogens is 1. The zero-order valence-corrected chi connectivity index (χ0v) is 10.7. The SMILES string of the molecule is O=C(O)C1CC(=O)N(c2ncc(I)c(=O)[nH]2)C1. The Kier molecular flexibility index (Phi) is 3.13. The lowest BCUT2D eigenvalue weighted by Crippen LogP contribution is -2.30. The Bertz CT molecular complexity index is 541. The Morgan fingerprint density at radius 2 is 2.29 bits per heavy atom. The number of carbonyl (C=O) groups excluding carboxylic acids is 1. The van der Waals surface area contributed by atoms with Crippen molar-refractivity contribution in [2.75, 3.05) is 11.4 Å². The molecule has 8 heteroatoms. The summed E-state index contributed by atoms with van der Waals surface area (Å²) in [7, 11) is 0. The predicted octanol–water partition coefficient (Wildman–Crippen LogP) is -0.188. The molecule has 1 fully saturated rings. The van der Waals surface area contributed by atoms with Crippen molar-refractivity contribution in [1.82, 2.24) is 9.97 Å². The number of nitrogens with one attached hydrogen (secondary N) is 1. The largest absolute Gasteiger partial charge is 0.481 e. The standard InChI is InChI=1S/C9H8IN3O4/c10-5-2-11-9(12-7(5)15)13-3-4(8(16)17)1-6(13)14/h2,4H,1,3H2,(H,16,17)(H,11,12,15). The molecule has 1 amide bonds. The van der Waals surface area contributed by atoms with E-state index in [-0.39, 0.29) is 30.4 Å². The van der Waals surface area contributed by atoms with Gasteiger partial charge in [0.2, 0.25) is 11.9 Å². The van der Waals surface area contributed by atoms with Crippen molar-refractivity contribution in [1.29, 1.82) is 0 Å². The molecule has 0 saturated carbocycles. The van der Waals surface area contributed by atoms with E-state index in [2.05, 4.69) is 9.97 Å². The number of carboxylic acid groups (broad SMARTS) is 1. The lowest BCUT2D eigenvalue weighted by atomic mass is 10.1. The van der Waals surface area contributed by atoms with Gasteiger partial charge in [0.1, 0.15) is 0 Å². The van der Waals surface area contributed by atoms with Crippen LogP contribution in [0.1, 0.15) is 6.42 Å². The van der Waals surface area contributed by atoms with Gasteiger partial charge in [0.15, 0.2) is 0 Å². The van der Waals surface area contributed by atoms with Crippen molar-refractivity contribution >= 4 is 40.4 Å². The van der Waals surface area contributed by atoms with E-state index in [0.717, 1.165) is 0 Å². The zero-order valence-electron chi connectivity index (χ0n) is 8.51. The molecular weight excluding hydrogens is 341 g/mol. The first-order chi connectivity index (χ1) is 7.99. The highest BCUT2D eigenvalue weighted by Gasteiger charge is 2.36. The molecule has 2 rings (SSSR count). The van der Waals surface area contributed by atoms with Crippen molar-refractivity contribution in [3.05, 3.63) is 20.1 Å². The van der Waals surface area contributed by atoms with Crippen molar-refractivity contribution in [2.45, 2.75) is 6.42 Å². The number of nitrogens with zero attached hydrogens (tertiary/aromatic N) is 2. The molecule has 1 aliphatic heterocycles. The molecule has 1 saturated heterocycles. The van der Waals surface area contributed by atoms with Crippen molar-refractivity contribution in [3.63, 3.8) is 0 Å². The fraction of sp³-hybridized carbons (Fsp3) is 0.333. The molecule has 0 bridgehead atoms. The van der Waals surface area contributed by atoms with E-state index < -0.39 is 11.9 Å². The summed E-state index contributed by atoms with van der Waals surface area (Å²) in [5.74, 6) is -2.01. The maximum atomic E-state index is 11.6. The minimum absolute atomic E-state index is 0.0394. The van der Waals surface area contributed by atoms with Gasteiger partial charge in [-0.2, -0.15) is 0 Å². The van der Waals surface area contributed by atoms with Crippen LogP contribution in [-0.4, -0.2) is 33.5 Å². The summed E-state index contributed by atoms with van der Waals surface area (Å²) < 4.78 is 0.410. The third-order valence-electron chi connectivity index (χ3n) is 2.47. The molecule has 7 nitrogen and oxygen atoms in total. The number of anilines is 1. The van der Waals surface area contributed by atoms with Crippen molar-refractivity contribution < 1.29 is 14.7 Å². The highest BCUT2D eigenvalue weighted by Crippen LogP contribution is 2.21. The average Bonchev–Trinajstić information content (AvgIpc) is 2.65. The normalized spacial score (nSPS) is 19.7. The van der Waals surface area contributed by atoms with Gasteiger partial charge in [-0.05, 0) is 22.6 Å². The summed E-state index contributed by atoms with van der Waals surface area (Å²) in [5.41, 5.74) is -0.345. The minimum atomic E-state index is -1.02. The summed E-state index contributed by atoms with van der Waals surface area (Å²) in [6.07, 6.45) is 1.28. The number of carbonyl (C=O) groups is 2. The van der Waals surface area contributed by atoms with Gasteiger partial charge < -0.3 is 5.11 Å². The van der Waals surface area contributed by atoms with Crippen LogP contribution in [0, 0.1) is 9.49 Å². The maximum Gasteiger partial charge on any atom is 0.308 e. The molecule has 0 aliphatic carbocycles. The van der Waals surface area contributed by atoms with E-state index in [0.29, 0.717) is 3.57 Å². The van der Waals surface area contributed by atoms with Gasteiger partial charge in [-0.1, -0.05) is 0 Å². The smallest absolute Gasteiger partial charge is 0.308 e. The Hall–Kier alpha value is -1.45. The van der Waals surface area contributed by atoms with Gasteiger partial charge in [-0.25, -0.2) is 4.98 Å². The number of H-pyrrole nitrogens is 1. The molecule has 0 spiro atoms. The molecule has 1 aromatic rings. The molecule has 2 N–H and O–H groups in total. The quantitative estimate of drug-likeness (QED) is 0.721. The lowest BCUT2D eigenvalue weighted by molar-refractivity contribution is -0.141. The second kappa shape index (κ2) is 4.43. The molecule has 1 atom stereocenters. The molecule has 2 heterocycles. The Morgan fingerprint density at radius 3 is 2.82 bits per heavy atom. The first kappa shape index (κ1) is 12.0. The number of hydrogen-bond donors (Lipinski definition) is 2. The van der Waals surface area contributed by atoms with Crippen LogP contribution in [0.15, 0.2) is 11.0 Å². The van der Waals surface area contributed by atoms with Crippen LogP contribution < -0.4 is 10.5 Å². The lowest BCUT2D eigenvalue weighted by Gasteiger charge is -2.13. The number of rotatable bonds is 2. The van der Waals surface area contributed by atoms with E-state index in [9.17, 15) is 14.4 Å². The van der Waals surface area contributed by atoms with Gasteiger partial charge in [0.25, 0.3) is 5.56 Å². The fourth-order valence-electron chi connectivity index (χ4n) is 1.58. The summed E-state index contributed by atoms with van der Waals surface area (Å²) in [5, 5.41) is 8.82. The fourth-order valence-corrected chi connectivity index (χ4v) is 1.86. The summed E-state index contributed by atoms with van der Waals surface area (Å²) in [6, 6.07) is 0. The van der Waals surface area contributed by atoms with Crippen LogP contribution in [0.25, 0.3) is 0 Å². The van der Waals surface area contributed by atoms with Crippen molar-refractivity contribution in [3.8, 4) is 0 Å². The van der Waals surface area contributed by atoms with Crippen LogP contribution >= 0.6 is 22.6 Å². The molecular formula is C9H8IN3O4. The molecule has 90 valence electrons. The molecule has 1 aliphatic rings. The Morgan fingerprint density at radius 1 is 1.59 bits per heavy atom. The molecule has 0 radical (unpaired) electrons. The van der Waals surface area contributed by atoms with Gasteiger partial charge in [-0.15, -0.1) is 0 Å². The number of hydrogen-bond acceptors (Lipinski definition) is 4. The average molecular weight is 349 g/mol. The molecule has 1 aromatic heterocycles. The minimum Gasteiger partial charge on any atom is -0.481 e. The summed E-state index contributed by atoms with van der Waals surface area (Å²) in [6.45, 7) is 0.0394. The maximum absolute atomic E-state index is 11.6. The highest BCUT2D eigenvalue weighted by atomic mass is 127. The van der Waals surface area contributed by atoms with Gasteiger partial charge in [0, 0.05) is 19.2 Å². The number of carboxylic acids is 1. The van der Waals surface area contributed by atoms with Gasteiger partial charge >= 0.3 is 5.97 Å². The van der Waals surface area contributed by atoms with E-state index >= 15 is 0 Å². The summed E-state index contributed by atoms with van der Waals surface area (Å²) in [4.78, 5) is 41.3. The predicted molar refractivity (Wildman–Crippen MR) is 65.7 cm³/mol. The van der Waals surface area contributed by atoms with E-state index in [4.69, 9.17) is 5.11 Å². The number of aromatic nitrogens is 2. The van der Waals surface area contributed by atoms with Crippen LogP contribution in [0.4, 0.5) is 5.95 Å². The van der Waals surface area contributed by atoms with Crippen LogP contribution in [0.5, 0.6) is 0 Å². The number of aromatic amines is 1. The van der Waals surface area contributed by atoms with Gasteiger partial charge in [0.05, 0.1) is 9.49 Å². The van der Waals surface area contributed by atoms with Crippen LogP contribution in [0.3, 0.4) is 0 Å². The molecule has 1 unspecified atom stereocenters. The molecule has 0 aromatic carbocycles. The van der Waals surface area contributed by atoms with E-state index in [1.807, 2.05) is 22.6 Å². The van der Waals surface area contributed by atoms with E-state index in [1.165, 1.54) is 11.1 Å². The third kappa shape index (κ3) is 2.30. The van der Waals surface area contributed by atoms with Gasteiger partial charge in [-0.3, -0.25) is 24.3 Å². The highest BCUT2D eigenvalue weighted by molar-refractivity contribution is 14.1. The number of amides is 1.